The van der Waals surface area contributed by atoms with E-state index in [1.54, 1.807) is 0 Å². The Morgan fingerprint density at radius 3 is 2.58 bits per heavy atom. The van der Waals surface area contributed by atoms with Crippen LogP contribution in [0.25, 0.3) is 0 Å². The van der Waals surface area contributed by atoms with Gasteiger partial charge in [0.25, 0.3) is 0 Å². The second-order valence-electron chi connectivity index (χ2n) is 4.54. The molecule has 0 spiro atoms. The van der Waals surface area contributed by atoms with Crippen molar-refractivity contribution in [3.8, 4) is 0 Å². The Hall–Kier alpha value is -1.65. The highest BCUT2D eigenvalue weighted by molar-refractivity contribution is 5.93. The second-order valence-corrected chi connectivity index (χ2v) is 4.54. The molecular formula is C14H20F2N2O. The number of carbonyl (C=O) groups excluding carboxylic acids is 1. The zero-order valence-electron chi connectivity index (χ0n) is 11.1. The molecule has 5 heteroatoms. The summed E-state index contributed by atoms with van der Waals surface area (Å²) in [6.07, 6.45) is 5.36. The summed E-state index contributed by atoms with van der Waals surface area (Å²) in [5.74, 6) is -2.47. The molecule has 0 saturated carbocycles. The van der Waals surface area contributed by atoms with E-state index in [1.165, 1.54) is 6.07 Å². The molecule has 0 aliphatic rings. The third kappa shape index (κ3) is 4.85. The normalized spacial score (nSPS) is 10.5. The molecule has 0 fully saturated rings. The zero-order chi connectivity index (χ0) is 14.3. The first-order valence-electron chi connectivity index (χ1n) is 6.59. The minimum absolute atomic E-state index is 0.0261. The predicted octanol–water partition coefficient (Wildman–Crippen LogP) is 3.85. The molecule has 0 radical (unpaired) electrons. The lowest BCUT2D eigenvalue weighted by Crippen LogP contribution is -2.14. The summed E-state index contributed by atoms with van der Waals surface area (Å²) in [5.41, 5.74) is 5.27. The van der Waals surface area contributed by atoms with Crippen molar-refractivity contribution in [1.29, 1.82) is 0 Å². The van der Waals surface area contributed by atoms with Crippen molar-refractivity contribution < 1.29 is 13.6 Å². The molecule has 19 heavy (non-hydrogen) atoms. The molecule has 106 valence electrons. The molecule has 0 aliphatic heterocycles. The van der Waals surface area contributed by atoms with Gasteiger partial charge in [0.15, 0.2) is 11.6 Å². The van der Waals surface area contributed by atoms with Crippen LogP contribution in [0.1, 0.15) is 45.4 Å². The van der Waals surface area contributed by atoms with E-state index in [4.69, 9.17) is 5.73 Å². The maximum atomic E-state index is 13.4. The van der Waals surface area contributed by atoms with Crippen LogP contribution in [0.5, 0.6) is 0 Å². The molecule has 0 aliphatic carbocycles. The van der Waals surface area contributed by atoms with Gasteiger partial charge in [-0.3, -0.25) is 4.79 Å². The van der Waals surface area contributed by atoms with Crippen LogP contribution < -0.4 is 11.1 Å². The third-order valence-corrected chi connectivity index (χ3v) is 2.90. The predicted molar refractivity (Wildman–Crippen MR) is 72.8 cm³/mol. The number of nitrogen functional groups attached to an aromatic ring is 1. The first kappa shape index (κ1) is 15.4. The Bertz CT molecular complexity index is 436. The summed E-state index contributed by atoms with van der Waals surface area (Å²) in [7, 11) is 0. The highest BCUT2D eigenvalue weighted by Crippen LogP contribution is 2.24. The number of hydrogen-bond acceptors (Lipinski definition) is 2. The quantitative estimate of drug-likeness (QED) is 0.584. The van der Waals surface area contributed by atoms with Gasteiger partial charge in [0.1, 0.15) is 5.69 Å². The van der Waals surface area contributed by atoms with Gasteiger partial charge >= 0.3 is 0 Å². The minimum Gasteiger partial charge on any atom is -0.397 e. The fraction of sp³-hybridized carbons (Fsp3) is 0.500. The van der Waals surface area contributed by atoms with Gasteiger partial charge in [-0.25, -0.2) is 8.78 Å². The van der Waals surface area contributed by atoms with Crippen molar-refractivity contribution >= 4 is 17.3 Å². The molecule has 1 rings (SSSR count). The Balaban J connectivity index is 2.47. The molecule has 1 aromatic rings. The minimum atomic E-state index is -1.11. The Kier molecular flexibility index (Phi) is 6.25. The summed E-state index contributed by atoms with van der Waals surface area (Å²) in [4.78, 5) is 11.6. The first-order chi connectivity index (χ1) is 9.06. The van der Waals surface area contributed by atoms with Crippen LogP contribution in [0.15, 0.2) is 12.1 Å². The third-order valence-electron chi connectivity index (χ3n) is 2.90. The molecule has 0 bridgehead atoms. The number of rotatable bonds is 7. The Labute approximate surface area is 112 Å². The number of nitrogens with two attached hydrogens (primary N) is 1. The highest BCUT2D eigenvalue weighted by Gasteiger charge is 2.14. The van der Waals surface area contributed by atoms with Crippen LogP contribution in [0, 0.1) is 11.6 Å². The number of benzene rings is 1. The van der Waals surface area contributed by atoms with Crippen LogP contribution in [0.2, 0.25) is 0 Å². The number of carbonyl (C=O) groups is 1. The number of hydrogen-bond donors (Lipinski definition) is 2. The van der Waals surface area contributed by atoms with E-state index in [1.807, 2.05) is 0 Å². The van der Waals surface area contributed by atoms with Gasteiger partial charge in [-0.1, -0.05) is 32.6 Å². The zero-order valence-corrected chi connectivity index (χ0v) is 11.1. The molecule has 0 aromatic heterocycles. The van der Waals surface area contributed by atoms with E-state index in [0.29, 0.717) is 6.42 Å². The summed E-state index contributed by atoms with van der Waals surface area (Å²) in [6, 6.07) is 2.17. The van der Waals surface area contributed by atoms with Crippen LogP contribution >= 0.6 is 0 Å². The van der Waals surface area contributed by atoms with E-state index in [9.17, 15) is 13.6 Å². The first-order valence-corrected chi connectivity index (χ1v) is 6.59. The monoisotopic (exact) mass is 270 g/mol. The van der Waals surface area contributed by atoms with Crippen molar-refractivity contribution in [2.24, 2.45) is 0 Å². The fourth-order valence-electron chi connectivity index (χ4n) is 1.78. The largest absolute Gasteiger partial charge is 0.397 e. The maximum absolute atomic E-state index is 13.4. The standard InChI is InChI=1S/C14H20F2N2O/c1-2-3-4-5-6-7-12(19)18-14-11(17)9-8-10(15)13(14)16/h8-9H,2-7,17H2,1H3,(H,18,19). The second kappa shape index (κ2) is 7.71. The van der Waals surface area contributed by atoms with Gasteiger partial charge in [-0.05, 0) is 18.6 Å². The van der Waals surface area contributed by atoms with Crippen molar-refractivity contribution in [3.05, 3.63) is 23.8 Å². The van der Waals surface area contributed by atoms with Crippen molar-refractivity contribution in [2.45, 2.75) is 45.4 Å². The molecule has 0 heterocycles. The van der Waals surface area contributed by atoms with E-state index >= 15 is 0 Å². The lowest BCUT2D eigenvalue weighted by atomic mass is 10.1. The summed E-state index contributed by atoms with van der Waals surface area (Å²) in [5, 5.41) is 2.33. The summed E-state index contributed by atoms with van der Waals surface area (Å²) >= 11 is 0. The highest BCUT2D eigenvalue weighted by atomic mass is 19.2. The van der Waals surface area contributed by atoms with E-state index in [2.05, 4.69) is 12.2 Å². The lowest BCUT2D eigenvalue weighted by molar-refractivity contribution is -0.116. The lowest BCUT2D eigenvalue weighted by Gasteiger charge is -2.09. The number of unbranched alkanes of at least 4 members (excludes halogenated alkanes) is 4. The fourth-order valence-corrected chi connectivity index (χ4v) is 1.78. The van der Waals surface area contributed by atoms with Gasteiger partial charge in [0.2, 0.25) is 5.91 Å². The van der Waals surface area contributed by atoms with Crippen LogP contribution in [-0.4, -0.2) is 5.91 Å². The van der Waals surface area contributed by atoms with E-state index < -0.39 is 11.6 Å². The molecule has 0 saturated heterocycles. The van der Waals surface area contributed by atoms with Crippen molar-refractivity contribution in [3.63, 3.8) is 0 Å². The number of nitrogens with one attached hydrogen (secondary N) is 1. The van der Waals surface area contributed by atoms with Gasteiger partial charge in [0, 0.05) is 6.42 Å². The van der Waals surface area contributed by atoms with Gasteiger partial charge in [-0.15, -0.1) is 0 Å². The van der Waals surface area contributed by atoms with Crippen LogP contribution in [0.3, 0.4) is 0 Å². The van der Waals surface area contributed by atoms with Gasteiger partial charge in [0.05, 0.1) is 5.69 Å². The van der Waals surface area contributed by atoms with Gasteiger partial charge in [-0.2, -0.15) is 0 Å². The molecule has 3 N–H and O–H groups in total. The average Bonchev–Trinajstić information content (AvgIpc) is 2.39. The van der Waals surface area contributed by atoms with Crippen LogP contribution in [0.4, 0.5) is 20.2 Å². The molecule has 1 amide bonds. The number of amides is 1. The topological polar surface area (TPSA) is 55.1 Å². The molecular weight excluding hydrogens is 250 g/mol. The summed E-state index contributed by atoms with van der Waals surface area (Å²) in [6.45, 7) is 2.11. The number of halogens is 2. The Morgan fingerprint density at radius 1 is 1.21 bits per heavy atom. The molecule has 0 unspecified atom stereocenters. The summed E-state index contributed by atoms with van der Waals surface area (Å²) < 4.78 is 26.5. The maximum Gasteiger partial charge on any atom is 0.224 e. The smallest absolute Gasteiger partial charge is 0.224 e. The molecule has 0 atom stereocenters. The molecule has 1 aromatic carbocycles. The van der Waals surface area contributed by atoms with E-state index in [-0.39, 0.29) is 17.3 Å². The van der Waals surface area contributed by atoms with Crippen LogP contribution in [-0.2, 0) is 4.79 Å². The SMILES string of the molecule is CCCCCCCC(=O)Nc1c(N)ccc(F)c1F. The van der Waals surface area contributed by atoms with Gasteiger partial charge < -0.3 is 11.1 Å². The Morgan fingerprint density at radius 2 is 1.89 bits per heavy atom. The number of anilines is 2. The average molecular weight is 270 g/mol. The van der Waals surface area contributed by atoms with E-state index in [0.717, 1.165) is 38.2 Å². The van der Waals surface area contributed by atoms with Crippen molar-refractivity contribution in [1.82, 2.24) is 0 Å². The van der Waals surface area contributed by atoms with Crippen molar-refractivity contribution in [2.75, 3.05) is 11.1 Å². The molecule has 3 nitrogen and oxygen atoms in total.